The van der Waals surface area contributed by atoms with Crippen LogP contribution in [-0.4, -0.2) is 10.8 Å². The molecule has 2 aromatic rings. The van der Waals surface area contributed by atoms with Crippen molar-refractivity contribution in [1.82, 2.24) is 5.32 Å². The van der Waals surface area contributed by atoms with E-state index in [0.717, 1.165) is 17.7 Å². The Labute approximate surface area is 148 Å². The molecule has 2 aliphatic rings. The van der Waals surface area contributed by atoms with E-state index in [0.29, 0.717) is 28.0 Å². The van der Waals surface area contributed by atoms with Crippen molar-refractivity contribution in [2.45, 2.75) is 25.1 Å². The van der Waals surface area contributed by atoms with Gasteiger partial charge in [0.2, 0.25) is 0 Å². The van der Waals surface area contributed by atoms with Crippen molar-refractivity contribution in [2.24, 2.45) is 0 Å². The van der Waals surface area contributed by atoms with Crippen LogP contribution >= 0.6 is 23.8 Å². The molecule has 7 heteroatoms. The first-order chi connectivity index (χ1) is 11.4. The highest BCUT2D eigenvalue weighted by atomic mass is 35.5. The number of hydrogen-bond acceptors (Lipinski definition) is 2. The van der Waals surface area contributed by atoms with Crippen LogP contribution in [0.2, 0.25) is 5.02 Å². The highest BCUT2D eigenvalue weighted by Gasteiger charge is 2.48. The SMILES string of the molecule is CC12CC(NC(=S)N1c1ccc(F)c(F)c1)c1cccc(Cl)c1O2. The monoisotopic (exact) mass is 366 g/mol. The number of anilines is 1. The fourth-order valence-corrected chi connectivity index (χ4v) is 4.03. The van der Waals surface area contributed by atoms with Gasteiger partial charge in [0.25, 0.3) is 0 Å². The van der Waals surface area contributed by atoms with E-state index < -0.39 is 17.4 Å². The first kappa shape index (κ1) is 15.6. The Morgan fingerprint density at radius 1 is 1.29 bits per heavy atom. The van der Waals surface area contributed by atoms with E-state index in [2.05, 4.69) is 5.32 Å². The minimum absolute atomic E-state index is 0.0495. The largest absolute Gasteiger partial charge is 0.466 e. The molecule has 2 aliphatic heterocycles. The molecule has 0 amide bonds. The Balaban J connectivity index is 1.83. The van der Waals surface area contributed by atoms with Gasteiger partial charge in [-0.3, -0.25) is 4.90 Å². The van der Waals surface area contributed by atoms with Crippen molar-refractivity contribution in [3.05, 3.63) is 58.6 Å². The molecule has 0 saturated carbocycles. The van der Waals surface area contributed by atoms with Crippen LogP contribution in [0, 0.1) is 11.6 Å². The van der Waals surface area contributed by atoms with Gasteiger partial charge in [-0.15, -0.1) is 0 Å². The summed E-state index contributed by atoms with van der Waals surface area (Å²) in [6.45, 7) is 1.86. The summed E-state index contributed by atoms with van der Waals surface area (Å²) in [6.07, 6.45) is 0.583. The van der Waals surface area contributed by atoms with Crippen LogP contribution in [0.25, 0.3) is 0 Å². The van der Waals surface area contributed by atoms with Gasteiger partial charge in [0.15, 0.2) is 22.5 Å². The zero-order valence-electron chi connectivity index (χ0n) is 12.6. The first-order valence-corrected chi connectivity index (χ1v) is 8.21. The van der Waals surface area contributed by atoms with Gasteiger partial charge < -0.3 is 10.1 Å². The summed E-state index contributed by atoms with van der Waals surface area (Å²) in [6, 6.07) is 9.17. The molecule has 2 aromatic carbocycles. The quantitative estimate of drug-likeness (QED) is 0.748. The maximum absolute atomic E-state index is 13.7. The van der Waals surface area contributed by atoms with Crippen molar-refractivity contribution in [1.29, 1.82) is 0 Å². The van der Waals surface area contributed by atoms with Crippen LogP contribution in [-0.2, 0) is 0 Å². The van der Waals surface area contributed by atoms with Crippen LogP contribution in [0.3, 0.4) is 0 Å². The van der Waals surface area contributed by atoms with Gasteiger partial charge in [0, 0.05) is 18.1 Å². The molecular weight excluding hydrogens is 354 g/mol. The summed E-state index contributed by atoms with van der Waals surface area (Å²) in [4.78, 5) is 1.66. The van der Waals surface area contributed by atoms with E-state index in [-0.39, 0.29) is 6.04 Å². The highest BCUT2D eigenvalue weighted by molar-refractivity contribution is 7.80. The minimum atomic E-state index is -0.935. The summed E-state index contributed by atoms with van der Waals surface area (Å²) in [5.74, 6) is -1.26. The second kappa shape index (κ2) is 5.29. The lowest BCUT2D eigenvalue weighted by atomic mass is 9.90. The number of nitrogens with zero attached hydrogens (tertiary/aromatic N) is 1. The number of rotatable bonds is 1. The molecule has 3 nitrogen and oxygen atoms in total. The summed E-state index contributed by atoms with van der Waals surface area (Å²) in [5.41, 5.74) is 0.505. The Morgan fingerprint density at radius 3 is 2.83 bits per heavy atom. The van der Waals surface area contributed by atoms with Gasteiger partial charge in [-0.05, 0) is 37.3 Å². The average molecular weight is 367 g/mol. The van der Waals surface area contributed by atoms with E-state index in [1.165, 1.54) is 6.07 Å². The number of fused-ring (bicyclic) bond motifs is 4. The van der Waals surface area contributed by atoms with Crippen molar-refractivity contribution < 1.29 is 13.5 Å². The van der Waals surface area contributed by atoms with E-state index in [4.69, 9.17) is 28.6 Å². The molecule has 2 unspecified atom stereocenters. The van der Waals surface area contributed by atoms with Gasteiger partial charge in [0.05, 0.1) is 16.8 Å². The number of nitrogens with one attached hydrogen (secondary N) is 1. The van der Waals surface area contributed by atoms with Crippen molar-refractivity contribution in [3.63, 3.8) is 0 Å². The lowest BCUT2D eigenvalue weighted by Crippen LogP contribution is -2.65. The molecule has 0 aromatic heterocycles. The number of para-hydroxylation sites is 1. The predicted molar refractivity (Wildman–Crippen MR) is 92.4 cm³/mol. The first-order valence-electron chi connectivity index (χ1n) is 7.42. The fraction of sp³-hybridized carbons (Fsp3) is 0.235. The van der Waals surface area contributed by atoms with Gasteiger partial charge in [-0.25, -0.2) is 8.78 Å². The zero-order valence-corrected chi connectivity index (χ0v) is 14.2. The number of hydrogen-bond donors (Lipinski definition) is 1. The second-order valence-corrected chi connectivity index (χ2v) is 6.87. The number of ether oxygens (including phenoxy) is 1. The van der Waals surface area contributed by atoms with Crippen molar-refractivity contribution >= 4 is 34.6 Å². The molecule has 1 N–H and O–H groups in total. The summed E-state index contributed by atoms with van der Waals surface area (Å²) in [7, 11) is 0. The van der Waals surface area contributed by atoms with Crippen LogP contribution < -0.4 is 15.0 Å². The molecule has 2 heterocycles. The van der Waals surface area contributed by atoms with Gasteiger partial charge in [-0.2, -0.15) is 0 Å². The maximum atomic E-state index is 13.7. The molecule has 4 rings (SSSR count). The van der Waals surface area contributed by atoms with Crippen LogP contribution in [0.15, 0.2) is 36.4 Å². The third-order valence-corrected chi connectivity index (χ3v) is 5.01. The molecule has 1 fully saturated rings. The average Bonchev–Trinajstić information content (AvgIpc) is 2.51. The molecule has 1 saturated heterocycles. The lowest BCUT2D eigenvalue weighted by Gasteiger charge is -2.52. The molecule has 2 bridgehead atoms. The highest BCUT2D eigenvalue weighted by Crippen LogP contribution is 2.48. The van der Waals surface area contributed by atoms with Crippen molar-refractivity contribution in [3.8, 4) is 5.75 Å². The number of thiocarbonyl (C=S) groups is 1. The maximum Gasteiger partial charge on any atom is 0.188 e. The smallest absolute Gasteiger partial charge is 0.188 e. The second-order valence-electron chi connectivity index (χ2n) is 6.08. The third-order valence-electron chi connectivity index (χ3n) is 4.41. The Hall–Kier alpha value is -1.92. The molecular formula is C17H13ClF2N2OS. The topological polar surface area (TPSA) is 24.5 Å². The van der Waals surface area contributed by atoms with E-state index in [1.54, 1.807) is 11.0 Å². The van der Waals surface area contributed by atoms with E-state index in [1.807, 2.05) is 19.1 Å². The molecule has 0 radical (unpaired) electrons. The van der Waals surface area contributed by atoms with Crippen LogP contribution in [0.5, 0.6) is 5.75 Å². The van der Waals surface area contributed by atoms with Gasteiger partial charge in [0.1, 0.15) is 5.75 Å². The summed E-state index contributed by atoms with van der Waals surface area (Å²) in [5, 5.41) is 4.14. The molecule has 0 aliphatic carbocycles. The van der Waals surface area contributed by atoms with Gasteiger partial charge >= 0.3 is 0 Å². The Kier molecular flexibility index (Phi) is 3.44. The van der Waals surface area contributed by atoms with Crippen LogP contribution in [0.4, 0.5) is 14.5 Å². The Morgan fingerprint density at radius 2 is 2.08 bits per heavy atom. The summed E-state index contributed by atoms with van der Waals surface area (Å²) < 4.78 is 33.1. The zero-order chi connectivity index (χ0) is 17.1. The molecule has 0 spiro atoms. The third kappa shape index (κ3) is 2.24. The Bertz CT molecular complexity index is 862. The number of halogens is 3. The van der Waals surface area contributed by atoms with Crippen molar-refractivity contribution in [2.75, 3.05) is 4.90 Å². The van der Waals surface area contributed by atoms with E-state index >= 15 is 0 Å². The fourth-order valence-electron chi connectivity index (χ4n) is 3.37. The normalized spacial score (nSPS) is 24.9. The number of benzene rings is 2. The molecule has 24 heavy (non-hydrogen) atoms. The van der Waals surface area contributed by atoms with Crippen LogP contribution in [0.1, 0.15) is 24.9 Å². The van der Waals surface area contributed by atoms with E-state index in [9.17, 15) is 8.78 Å². The summed E-state index contributed by atoms with van der Waals surface area (Å²) >= 11 is 11.7. The molecule has 124 valence electrons. The lowest BCUT2D eigenvalue weighted by molar-refractivity contribution is 0.0498. The van der Waals surface area contributed by atoms with Gasteiger partial charge in [-0.1, -0.05) is 23.7 Å². The predicted octanol–water partition coefficient (Wildman–Crippen LogP) is 4.55. The molecule has 2 atom stereocenters. The minimum Gasteiger partial charge on any atom is -0.466 e. The standard InChI is InChI=1S/C17H13ClF2N2OS/c1-17-8-14(10-3-2-4-11(18)15(10)23-17)21-16(24)22(17)9-5-6-12(19)13(20)7-9/h2-7,14H,8H2,1H3,(H,21,24).